The van der Waals surface area contributed by atoms with Crippen LogP contribution in [0.4, 0.5) is 0 Å². The van der Waals surface area contributed by atoms with Crippen molar-refractivity contribution in [3.05, 3.63) is 29.8 Å². The van der Waals surface area contributed by atoms with Gasteiger partial charge in [0, 0.05) is 19.1 Å². The first-order valence-electron chi connectivity index (χ1n) is 7.53. The van der Waals surface area contributed by atoms with Gasteiger partial charge < -0.3 is 10.2 Å². The highest BCUT2D eigenvalue weighted by Crippen LogP contribution is 2.15. The Morgan fingerprint density at radius 2 is 2.19 bits per heavy atom. The largest absolute Gasteiger partial charge is 0.316 e. The Kier molecular flexibility index (Phi) is 5.75. The van der Waals surface area contributed by atoms with Crippen molar-refractivity contribution in [2.24, 2.45) is 0 Å². The minimum atomic E-state index is -3.44. The number of nitrogens with one attached hydrogen (secondary N) is 2. The summed E-state index contributed by atoms with van der Waals surface area (Å²) in [6.07, 6.45) is 1.95. The summed E-state index contributed by atoms with van der Waals surface area (Å²) in [7, 11) is -1.59. The fraction of sp³-hybridized carbons (Fsp3) is 0.600. The number of benzene rings is 1. The van der Waals surface area contributed by atoms with Crippen molar-refractivity contribution >= 4 is 10.0 Å². The Bertz CT molecular complexity index is 560. The summed E-state index contributed by atoms with van der Waals surface area (Å²) >= 11 is 0. The number of sulfonamides is 1. The van der Waals surface area contributed by atoms with Crippen molar-refractivity contribution in [3.63, 3.8) is 0 Å². The van der Waals surface area contributed by atoms with E-state index in [0.29, 0.717) is 11.4 Å². The lowest BCUT2D eigenvalue weighted by atomic mass is 10.1. The molecule has 1 aliphatic rings. The number of piperidine rings is 1. The van der Waals surface area contributed by atoms with Gasteiger partial charge in [0.15, 0.2) is 0 Å². The van der Waals surface area contributed by atoms with Crippen molar-refractivity contribution in [1.29, 1.82) is 0 Å². The summed E-state index contributed by atoms with van der Waals surface area (Å²) in [5.74, 6) is 0. The van der Waals surface area contributed by atoms with Crippen molar-refractivity contribution < 1.29 is 8.42 Å². The Labute approximate surface area is 127 Å². The molecule has 1 aromatic carbocycles. The summed E-state index contributed by atoms with van der Waals surface area (Å²) < 4.78 is 27.9. The number of likely N-dealkylation sites (tertiary alicyclic amines) is 1. The van der Waals surface area contributed by atoms with E-state index in [4.69, 9.17) is 0 Å². The van der Waals surface area contributed by atoms with Crippen LogP contribution in [0.2, 0.25) is 0 Å². The molecule has 5 nitrogen and oxygen atoms in total. The van der Waals surface area contributed by atoms with Crippen LogP contribution in [0, 0.1) is 0 Å². The standard InChI is InChI=1S/C15H25N3O2S/c1-3-18-9-5-7-14(12-18)17-21(19,20)15-8-4-6-13(10-15)11-16-2/h4,6,8,10,14,16-17H,3,5,7,9,11-12H2,1-2H3. The van der Waals surface area contributed by atoms with Gasteiger partial charge in [-0.25, -0.2) is 13.1 Å². The lowest BCUT2D eigenvalue weighted by molar-refractivity contribution is 0.211. The molecule has 1 atom stereocenters. The van der Waals surface area contributed by atoms with Crippen LogP contribution in [-0.4, -0.2) is 46.0 Å². The van der Waals surface area contributed by atoms with E-state index in [1.165, 1.54) is 0 Å². The second-order valence-corrected chi connectivity index (χ2v) is 7.25. The van der Waals surface area contributed by atoms with Gasteiger partial charge in [-0.3, -0.25) is 0 Å². The third-order valence-electron chi connectivity index (χ3n) is 3.86. The van der Waals surface area contributed by atoms with E-state index in [1.54, 1.807) is 18.2 Å². The van der Waals surface area contributed by atoms with Crippen LogP contribution in [-0.2, 0) is 16.6 Å². The molecule has 2 N–H and O–H groups in total. The van der Waals surface area contributed by atoms with Gasteiger partial charge in [0.25, 0.3) is 0 Å². The molecule has 1 fully saturated rings. The molecule has 2 rings (SSSR count). The predicted octanol–water partition coefficient (Wildman–Crippen LogP) is 1.17. The van der Waals surface area contributed by atoms with Crippen LogP contribution in [0.1, 0.15) is 25.3 Å². The molecule has 0 radical (unpaired) electrons. The molecule has 6 heteroatoms. The molecular formula is C15H25N3O2S. The minimum Gasteiger partial charge on any atom is -0.316 e. The molecule has 0 spiro atoms. The van der Waals surface area contributed by atoms with Crippen LogP contribution in [0.15, 0.2) is 29.2 Å². The summed E-state index contributed by atoms with van der Waals surface area (Å²) in [6.45, 7) is 5.60. The third kappa shape index (κ3) is 4.51. The zero-order valence-corrected chi connectivity index (χ0v) is 13.6. The maximum atomic E-state index is 12.5. The Hall–Kier alpha value is -0.950. The Morgan fingerprint density at radius 3 is 2.90 bits per heavy atom. The molecule has 1 aromatic rings. The van der Waals surface area contributed by atoms with Crippen molar-refractivity contribution in [2.75, 3.05) is 26.7 Å². The fourth-order valence-corrected chi connectivity index (χ4v) is 4.08. The first kappa shape index (κ1) is 16.4. The van der Waals surface area contributed by atoms with Crippen molar-refractivity contribution in [1.82, 2.24) is 14.9 Å². The third-order valence-corrected chi connectivity index (χ3v) is 5.38. The highest BCUT2D eigenvalue weighted by atomic mass is 32.2. The van der Waals surface area contributed by atoms with E-state index in [2.05, 4.69) is 21.9 Å². The first-order valence-corrected chi connectivity index (χ1v) is 9.01. The number of likely N-dealkylation sites (N-methyl/N-ethyl adjacent to an activating group) is 1. The lowest BCUT2D eigenvalue weighted by Gasteiger charge is -2.32. The molecule has 1 heterocycles. The molecule has 1 aliphatic heterocycles. The smallest absolute Gasteiger partial charge is 0.240 e. The SMILES string of the molecule is CCN1CCCC(NS(=O)(=O)c2cccc(CNC)c2)C1. The number of rotatable bonds is 6. The van der Waals surface area contributed by atoms with E-state index in [1.807, 2.05) is 13.1 Å². The second-order valence-electron chi connectivity index (χ2n) is 5.53. The van der Waals surface area contributed by atoms with Gasteiger partial charge in [0.05, 0.1) is 4.90 Å². The average Bonchev–Trinajstić information content (AvgIpc) is 2.48. The van der Waals surface area contributed by atoms with Crippen LogP contribution in [0.3, 0.4) is 0 Å². The van der Waals surface area contributed by atoms with Gasteiger partial charge in [-0.05, 0) is 50.7 Å². The quantitative estimate of drug-likeness (QED) is 0.828. The number of hydrogen-bond donors (Lipinski definition) is 2. The van der Waals surface area contributed by atoms with Gasteiger partial charge in [-0.2, -0.15) is 0 Å². The molecule has 0 bridgehead atoms. The lowest BCUT2D eigenvalue weighted by Crippen LogP contribution is -2.47. The summed E-state index contributed by atoms with van der Waals surface area (Å²) in [5.41, 5.74) is 0.971. The average molecular weight is 311 g/mol. The van der Waals surface area contributed by atoms with Crippen LogP contribution >= 0.6 is 0 Å². The molecule has 0 aliphatic carbocycles. The van der Waals surface area contributed by atoms with Crippen LogP contribution in [0.5, 0.6) is 0 Å². The van der Waals surface area contributed by atoms with Crippen molar-refractivity contribution in [3.8, 4) is 0 Å². The Morgan fingerprint density at radius 1 is 1.38 bits per heavy atom. The van der Waals surface area contributed by atoms with Gasteiger partial charge in [0.1, 0.15) is 0 Å². The van der Waals surface area contributed by atoms with Gasteiger partial charge in [0.2, 0.25) is 10.0 Å². The molecule has 1 saturated heterocycles. The summed E-state index contributed by atoms with van der Waals surface area (Å²) in [6, 6.07) is 7.12. The molecule has 0 amide bonds. The van der Waals surface area contributed by atoms with E-state index >= 15 is 0 Å². The topological polar surface area (TPSA) is 61.4 Å². The highest BCUT2D eigenvalue weighted by molar-refractivity contribution is 7.89. The van der Waals surface area contributed by atoms with Gasteiger partial charge >= 0.3 is 0 Å². The fourth-order valence-electron chi connectivity index (χ4n) is 2.75. The van der Waals surface area contributed by atoms with E-state index in [-0.39, 0.29) is 6.04 Å². The van der Waals surface area contributed by atoms with Gasteiger partial charge in [-0.15, -0.1) is 0 Å². The van der Waals surface area contributed by atoms with E-state index in [9.17, 15) is 8.42 Å². The van der Waals surface area contributed by atoms with Crippen molar-refractivity contribution in [2.45, 2.75) is 37.2 Å². The predicted molar refractivity (Wildman–Crippen MR) is 84.7 cm³/mol. The molecule has 1 unspecified atom stereocenters. The normalized spacial score (nSPS) is 20.6. The van der Waals surface area contributed by atoms with E-state index in [0.717, 1.165) is 38.0 Å². The number of nitrogens with zero attached hydrogens (tertiary/aromatic N) is 1. The minimum absolute atomic E-state index is 0.0108. The summed E-state index contributed by atoms with van der Waals surface area (Å²) in [5, 5.41) is 3.04. The van der Waals surface area contributed by atoms with Gasteiger partial charge in [-0.1, -0.05) is 19.1 Å². The first-order chi connectivity index (χ1) is 10.0. The van der Waals surface area contributed by atoms with Crippen LogP contribution < -0.4 is 10.0 Å². The second kappa shape index (κ2) is 7.35. The zero-order valence-electron chi connectivity index (χ0n) is 12.8. The van der Waals surface area contributed by atoms with Crippen LogP contribution in [0.25, 0.3) is 0 Å². The molecule has 21 heavy (non-hydrogen) atoms. The summed E-state index contributed by atoms with van der Waals surface area (Å²) in [4.78, 5) is 2.64. The van der Waals surface area contributed by atoms with E-state index < -0.39 is 10.0 Å². The zero-order chi connectivity index (χ0) is 15.3. The molecule has 0 saturated carbocycles. The maximum Gasteiger partial charge on any atom is 0.240 e. The highest BCUT2D eigenvalue weighted by Gasteiger charge is 2.24. The Balaban J connectivity index is 2.09. The molecule has 118 valence electrons. The molecule has 0 aromatic heterocycles. The molecular weight excluding hydrogens is 286 g/mol. The monoisotopic (exact) mass is 311 g/mol. The number of hydrogen-bond acceptors (Lipinski definition) is 4. The maximum absolute atomic E-state index is 12.5.